The number of esters is 1. The van der Waals surface area contributed by atoms with Crippen LogP contribution in [0.3, 0.4) is 0 Å². The summed E-state index contributed by atoms with van der Waals surface area (Å²) < 4.78 is 5.28. The fraction of sp³-hybridized carbons (Fsp3) is 0.650. The molecule has 4 aliphatic rings. The molecule has 7 atom stereocenters. The standard InChI is InChI=1S/C40H54N4O9/c1-4-44(25-9-11-27-29(21-25)37(51)43-42-36(27)50)19-7-5-6-18-41-33(48)12-13-34(49)53-23-32(47)40(52)17-15-30-28-10-8-24-20-26(45)14-16-38(24,2)35(28)31(46)22-39(30,40)3/h9,11,20-21,28,30-31,35,46,52H,4-8,10,12-19,22-23H2,1-3H3,(H,41,48)(H,42,50)(H,43,51)/t28-,30-,31-,35+,38-,39-,40-/m0/s1. The lowest BCUT2D eigenvalue weighted by Crippen LogP contribution is -2.62. The maximum absolute atomic E-state index is 13.5. The van der Waals surface area contributed by atoms with Gasteiger partial charge in [0.2, 0.25) is 11.7 Å². The monoisotopic (exact) mass is 734 g/mol. The molecule has 1 heterocycles. The van der Waals surface area contributed by atoms with E-state index in [0.29, 0.717) is 36.6 Å². The van der Waals surface area contributed by atoms with Crippen molar-refractivity contribution >= 4 is 39.9 Å². The molecular weight excluding hydrogens is 680 g/mol. The van der Waals surface area contributed by atoms with Gasteiger partial charge < -0.3 is 25.2 Å². The number of fused-ring (bicyclic) bond motifs is 6. The van der Waals surface area contributed by atoms with Crippen LogP contribution in [0.25, 0.3) is 10.8 Å². The van der Waals surface area contributed by atoms with Crippen molar-refractivity contribution in [2.45, 2.75) is 110 Å². The molecule has 1 amide bonds. The van der Waals surface area contributed by atoms with Crippen molar-refractivity contribution in [3.63, 3.8) is 0 Å². The minimum absolute atomic E-state index is 0.0238. The molecule has 288 valence electrons. The number of Topliss-reactive ketones (excluding diaryl/α,β-unsaturated/α-hetero) is 1. The molecule has 4 aliphatic carbocycles. The van der Waals surface area contributed by atoms with E-state index >= 15 is 0 Å². The van der Waals surface area contributed by atoms with Gasteiger partial charge in [-0.25, -0.2) is 0 Å². The highest BCUT2D eigenvalue weighted by atomic mass is 16.5. The second-order valence-corrected chi connectivity index (χ2v) is 16.2. The van der Waals surface area contributed by atoms with E-state index in [1.807, 2.05) is 19.9 Å². The Hall–Kier alpha value is -4.10. The Bertz CT molecular complexity index is 1900. The molecule has 2 aromatic rings. The van der Waals surface area contributed by atoms with E-state index in [2.05, 4.69) is 27.3 Å². The summed E-state index contributed by atoms with van der Waals surface area (Å²) in [5, 5.41) is 31.7. The van der Waals surface area contributed by atoms with Crippen LogP contribution in [0, 0.1) is 28.6 Å². The van der Waals surface area contributed by atoms with Crippen LogP contribution in [0.15, 0.2) is 39.4 Å². The number of aromatic nitrogens is 2. The number of H-pyrrole nitrogens is 2. The third-order valence-corrected chi connectivity index (χ3v) is 13.4. The molecule has 0 radical (unpaired) electrons. The molecule has 0 spiro atoms. The molecule has 0 aliphatic heterocycles. The van der Waals surface area contributed by atoms with Crippen LogP contribution >= 0.6 is 0 Å². The fourth-order valence-electron chi connectivity index (χ4n) is 10.5. The average Bonchev–Trinajstić information content (AvgIpc) is 3.41. The molecule has 0 unspecified atom stereocenters. The molecule has 53 heavy (non-hydrogen) atoms. The average molecular weight is 735 g/mol. The molecule has 6 rings (SSSR count). The fourth-order valence-corrected chi connectivity index (χ4v) is 10.5. The van der Waals surface area contributed by atoms with Gasteiger partial charge in [-0.1, -0.05) is 19.4 Å². The number of aromatic amines is 2. The number of amides is 1. The number of rotatable bonds is 14. The predicted molar refractivity (Wildman–Crippen MR) is 198 cm³/mol. The predicted octanol–water partition coefficient (Wildman–Crippen LogP) is 3.46. The van der Waals surface area contributed by atoms with Gasteiger partial charge in [-0.3, -0.25) is 39.0 Å². The van der Waals surface area contributed by atoms with Crippen LogP contribution in [0.1, 0.15) is 97.8 Å². The smallest absolute Gasteiger partial charge is 0.306 e. The summed E-state index contributed by atoms with van der Waals surface area (Å²) in [6, 6.07) is 5.21. The summed E-state index contributed by atoms with van der Waals surface area (Å²) in [6.45, 7) is 7.39. The largest absolute Gasteiger partial charge is 0.458 e. The summed E-state index contributed by atoms with van der Waals surface area (Å²) in [6.07, 6.45) is 7.10. The Kier molecular flexibility index (Phi) is 11.2. The van der Waals surface area contributed by atoms with Gasteiger partial charge in [0, 0.05) is 43.6 Å². The van der Waals surface area contributed by atoms with Crippen LogP contribution in [0.5, 0.6) is 0 Å². The zero-order chi connectivity index (χ0) is 38.1. The number of carbonyl (C=O) groups excluding carboxylic acids is 4. The first-order valence-corrected chi connectivity index (χ1v) is 19.3. The minimum atomic E-state index is -1.73. The third-order valence-electron chi connectivity index (χ3n) is 13.4. The van der Waals surface area contributed by atoms with Gasteiger partial charge in [-0.15, -0.1) is 0 Å². The Balaban J connectivity index is 0.909. The lowest BCUT2D eigenvalue weighted by Gasteiger charge is -2.60. The number of hydrogen-bond acceptors (Lipinski definition) is 10. The summed E-state index contributed by atoms with van der Waals surface area (Å²) in [4.78, 5) is 77.0. The van der Waals surface area contributed by atoms with Crippen molar-refractivity contribution in [3.05, 3.63) is 50.6 Å². The number of nitrogens with zero attached hydrogens (tertiary/aromatic N) is 1. The van der Waals surface area contributed by atoms with E-state index in [1.165, 1.54) is 0 Å². The number of nitrogens with one attached hydrogen (secondary N) is 3. The maximum atomic E-state index is 13.5. The summed E-state index contributed by atoms with van der Waals surface area (Å²) in [5.74, 6) is -1.30. The SMILES string of the molecule is CCN(CCCCCNC(=O)CCC(=O)OCC(=O)[C@@]1(O)CC[C@H]2[C@@H]3CCC4=CC(=O)CC[C@]4(C)[C@H]3[C@@H](O)C[C@@]21C)c1ccc2c(=O)[nH][nH]c(=O)c2c1. The number of benzene rings is 1. The van der Waals surface area contributed by atoms with Crippen molar-refractivity contribution in [1.29, 1.82) is 0 Å². The quantitative estimate of drug-likeness (QED) is 0.142. The first-order chi connectivity index (χ1) is 25.2. The number of aliphatic hydroxyl groups excluding tert-OH is 1. The summed E-state index contributed by atoms with van der Waals surface area (Å²) in [5.41, 5.74) is -1.59. The molecule has 1 aromatic heterocycles. The summed E-state index contributed by atoms with van der Waals surface area (Å²) >= 11 is 0. The van der Waals surface area contributed by atoms with Crippen molar-refractivity contribution in [2.75, 3.05) is 31.1 Å². The topological polar surface area (TPSA) is 199 Å². The second kappa shape index (κ2) is 15.3. The van der Waals surface area contributed by atoms with Crippen LogP contribution in [0.4, 0.5) is 5.69 Å². The van der Waals surface area contributed by atoms with Crippen molar-refractivity contribution in [1.82, 2.24) is 15.5 Å². The van der Waals surface area contributed by atoms with Crippen LogP contribution in [-0.2, 0) is 23.9 Å². The third kappa shape index (κ3) is 7.26. The van der Waals surface area contributed by atoms with Crippen LogP contribution in [-0.4, -0.2) is 81.8 Å². The molecule has 5 N–H and O–H groups in total. The Morgan fingerprint density at radius 2 is 1.74 bits per heavy atom. The van der Waals surface area contributed by atoms with Crippen LogP contribution < -0.4 is 21.3 Å². The highest BCUT2D eigenvalue weighted by molar-refractivity contribution is 5.92. The highest BCUT2D eigenvalue weighted by Crippen LogP contribution is 2.67. The van der Waals surface area contributed by atoms with Gasteiger partial charge >= 0.3 is 5.97 Å². The molecule has 13 heteroatoms. The van der Waals surface area contributed by atoms with E-state index < -0.39 is 35.5 Å². The number of anilines is 1. The van der Waals surface area contributed by atoms with E-state index in [-0.39, 0.29) is 71.7 Å². The first-order valence-electron chi connectivity index (χ1n) is 19.3. The van der Waals surface area contributed by atoms with E-state index in [1.54, 1.807) is 18.2 Å². The van der Waals surface area contributed by atoms with Gasteiger partial charge in [0.05, 0.1) is 23.3 Å². The van der Waals surface area contributed by atoms with Gasteiger partial charge in [0.25, 0.3) is 11.1 Å². The number of ether oxygens (including phenoxy) is 1. The Labute approximate surface area is 308 Å². The van der Waals surface area contributed by atoms with E-state index in [0.717, 1.165) is 56.5 Å². The van der Waals surface area contributed by atoms with Crippen LogP contribution in [0.2, 0.25) is 0 Å². The molecular formula is C40H54N4O9. The maximum Gasteiger partial charge on any atom is 0.306 e. The lowest BCUT2D eigenvalue weighted by molar-refractivity contribution is -0.184. The van der Waals surface area contributed by atoms with E-state index in [9.17, 15) is 39.0 Å². The number of aliphatic hydroxyl groups is 2. The highest BCUT2D eigenvalue weighted by Gasteiger charge is 2.68. The normalized spacial score (nSPS) is 30.5. The summed E-state index contributed by atoms with van der Waals surface area (Å²) in [7, 11) is 0. The zero-order valence-electron chi connectivity index (χ0n) is 31.1. The second-order valence-electron chi connectivity index (χ2n) is 16.2. The Morgan fingerprint density at radius 1 is 0.981 bits per heavy atom. The van der Waals surface area contributed by atoms with Gasteiger partial charge in [0.1, 0.15) is 5.60 Å². The van der Waals surface area contributed by atoms with Crippen molar-refractivity contribution < 1.29 is 34.1 Å². The Morgan fingerprint density at radius 3 is 2.49 bits per heavy atom. The molecule has 13 nitrogen and oxygen atoms in total. The van der Waals surface area contributed by atoms with Gasteiger partial charge in [0.15, 0.2) is 12.4 Å². The molecule has 0 bridgehead atoms. The number of ketones is 2. The first kappa shape index (κ1) is 38.6. The molecule has 0 saturated heterocycles. The molecule has 1 aromatic carbocycles. The number of carbonyl (C=O) groups is 4. The lowest BCUT2D eigenvalue weighted by atomic mass is 9.45. The van der Waals surface area contributed by atoms with Crippen molar-refractivity contribution in [3.8, 4) is 0 Å². The molecule has 3 fully saturated rings. The minimum Gasteiger partial charge on any atom is -0.458 e. The number of hydrogen-bond donors (Lipinski definition) is 5. The van der Waals surface area contributed by atoms with Gasteiger partial charge in [-0.2, -0.15) is 0 Å². The van der Waals surface area contributed by atoms with E-state index in [4.69, 9.17) is 4.74 Å². The van der Waals surface area contributed by atoms with Crippen molar-refractivity contribution in [2.24, 2.45) is 28.6 Å². The molecule has 3 saturated carbocycles. The van der Waals surface area contributed by atoms with Gasteiger partial charge in [-0.05, 0) is 112 Å². The zero-order valence-corrected chi connectivity index (χ0v) is 31.1. The number of allylic oxidation sites excluding steroid dienone is 1. The number of unbranched alkanes of at least 4 members (excludes halogenated alkanes) is 2.